The van der Waals surface area contributed by atoms with Crippen molar-refractivity contribution >= 4 is 28.3 Å². The standard InChI is InChI=1S/C19H17FN4O2/c20-13-2-4-17-16(8-13)19(22-10-21-17)24-15-5-11-1-3-14(6-12(11)7-15)23-18(26)9-25/h1-4,6,8,10,15,25H,5,7,9H2,(H,23,26)(H,21,22,24). The van der Waals surface area contributed by atoms with Crippen LogP contribution in [0.15, 0.2) is 42.7 Å². The molecule has 4 rings (SSSR count). The summed E-state index contributed by atoms with van der Waals surface area (Å²) in [6, 6.07) is 10.3. The zero-order chi connectivity index (χ0) is 18.1. The number of aromatic nitrogens is 2. The summed E-state index contributed by atoms with van der Waals surface area (Å²) in [4.78, 5) is 19.8. The molecular weight excluding hydrogens is 335 g/mol. The molecule has 0 saturated carbocycles. The summed E-state index contributed by atoms with van der Waals surface area (Å²) in [5.41, 5.74) is 3.67. The summed E-state index contributed by atoms with van der Waals surface area (Å²) in [7, 11) is 0. The Balaban J connectivity index is 1.54. The second-order valence-corrected chi connectivity index (χ2v) is 6.32. The van der Waals surface area contributed by atoms with Crippen LogP contribution in [0.3, 0.4) is 0 Å². The third kappa shape index (κ3) is 3.21. The van der Waals surface area contributed by atoms with E-state index >= 15 is 0 Å². The summed E-state index contributed by atoms with van der Waals surface area (Å²) < 4.78 is 13.6. The van der Waals surface area contributed by atoms with E-state index < -0.39 is 12.5 Å². The van der Waals surface area contributed by atoms with Crippen LogP contribution < -0.4 is 10.6 Å². The number of carbonyl (C=O) groups excluding carboxylic acids is 1. The van der Waals surface area contributed by atoms with Gasteiger partial charge >= 0.3 is 0 Å². The van der Waals surface area contributed by atoms with E-state index in [0.29, 0.717) is 22.4 Å². The maximum absolute atomic E-state index is 13.6. The smallest absolute Gasteiger partial charge is 0.250 e. The molecule has 3 N–H and O–H groups in total. The topological polar surface area (TPSA) is 87.1 Å². The van der Waals surface area contributed by atoms with Gasteiger partial charge in [0.1, 0.15) is 24.6 Å². The number of carbonyl (C=O) groups is 1. The predicted octanol–water partition coefficient (Wildman–Crippen LogP) is 2.28. The van der Waals surface area contributed by atoms with Crippen molar-refractivity contribution in [2.24, 2.45) is 0 Å². The van der Waals surface area contributed by atoms with Gasteiger partial charge in [-0.1, -0.05) is 6.07 Å². The summed E-state index contributed by atoms with van der Waals surface area (Å²) in [5, 5.41) is 15.5. The first kappa shape index (κ1) is 16.4. The van der Waals surface area contributed by atoms with Crippen LogP contribution in [0, 0.1) is 5.82 Å². The molecule has 0 aliphatic heterocycles. The van der Waals surface area contributed by atoms with Crippen molar-refractivity contribution in [3.63, 3.8) is 0 Å². The van der Waals surface area contributed by atoms with Gasteiger partial charge in [0.05, 0.1) is 5.52 Å². The van der Waals surface area contributed by atoms with Gasteiger partial charge in [-0.3, -0.25) is 4.79 Å². The lowest BCUT2D eigenvalue weighted by atomic mass is 10.1. The highest BCUT2D eigenvalue weighted by Crippen LogP contribution is 2.29. The monoisotopic (exact) mass is 352 g/mol. The summed E-state index contributed by atoms with van der Waals surface area (Å²) >= 11 is 0. The van der Waals surface area contributed by atoms with Crippen LogP contribution in [-0.2, 0) is 17.6 Å². The van der Waals surface area contributed by atoms with Gasteiger partial charge in [-0.25, -0.2) is 14.4 Å². The molecule has 1 heterocycles. The summed E-state index contributed by atoms with van der Waals surface area (Å²) in [6.45, 7) is -0.543. The first-order valence-electron chi connectivity index (χ1n) is 8.31. The third-order valence-electron chi connectivity index (χ3n) is 4.50. The molecule has 1 atom stereocenters. The molecule has 26 heavy (non-hydrogen) atoms. The van der Waals surface area contributed by atoms with E-state index in [1.165, 1.54) is 24.0 Å². The third-order valence-corrected chi connectivity index (χ3v) is 4.50. The van der Waals surface area contributed by atoms with Crippen molar-refractivity contribution < 1.29 is 14.3 Å². The van der Waals surface area contributed by atoms with E-state index in [2.05, 4.69) is 20.6 Å². The van der Waals surface area contributed by atoms with Gasteiger partial charge in [0.25, 0.3) is 0 Å². The predicted molar refractivity (Wildman–Crippen MR) is 96.5 cm³/mol. The van der Waals surface area contributed by atoms with Crippen LogP contribution in [0.2, 0.25) is 0 Å². The van der Waals surface area contributed by atoms with Crippen LogP contribution in [0.1, 0.15) is 11.1 Å². The molecule has 0 bridgehead atoms. The highest BCUT2D eigenvalue weighted by atomic mass is 19.1. The molecule has 0 saturated heterocycles. The number of fused-ring (bicyclic) bond motifs is 2. The van der Waals surface area contributed by atoms with Gasteiger partial charge in [-0.2, -0.15) is 0 Å². The number of anilines is 2. The molecule has 1 amide bonds. The molecule has 3 aromatic rings. The SMILES string of the molecule is O=C(CO)Nc1ccc2c(c1)CC(Nc1ncnc3ccc(F)cc13)C2. The van der Waals surface area contributed by atoms with Crippen LogP contribution in [0.25, 0.3) is 10.9 Å². The Morgan fingerprint density at radius 2 is 2.00 bits per heavy atom. The van der Waals surface area contributed by atoms with Crippen LogP contribution in [-0.4, -0.2) is 33.6 Å². The number of halogens is 1. The number of hydrogen-bond donors (Lipinski definition) is 3. The minimum atomic E-state index is -0.543. The van der Waals surface area contributed by atoms with E-state index in [1.807, 2.05) is 18.2 Å². The molecule has 1 unspecified atom stereocenters. The van der Waals surface area contributed by atoms with Crippen molar-refractivity contribution in [3.05, 3.63) is 59.7 Å². The fourth-order valence-corrected chi connectivity index (χ4v) is 3.34. The molecule has 132 valence electrons. The molecule has 2 aromatic carbocycles. The molecule has 6 nitrogen and oxygen atoms in total. The lowest BCUT2D eigenvalue weighted by Crippen LogP contribution is -2.20. The van der Waals surface area contributed by atoms with Gasteiger partial charge in [-0.05, 0) is 54.3 Å². The number of benzene rings is 2. The van der Waals surface area contributed by atoms with Crippen molar-refractivity contribution in [2.45, 2.75) is 18.9 Å². The van der Waals surface area contributed by atoms with E-state index in [4.69, 9.17) is 5.11 Å². The molecule has 1 aliphatic rings. The van der Waals surface area contributed by atoms with Crippen LogP contribution in [0.5, 0.6) is 0 Å². The maximum atomic E-state index is 13.6. The van der Waals surface area contributed by atoms with Crippen molar-refractivity contribution in [3.8, 4) is 0 Å². The van der Waals surface area contributed by atoms with Crippen molar-refractivity contribution in [2.75, 3.05) is 17.2 Å². The number of aliphatic hydroxyl groups is 1. The van der Waals surface area contributed by atoms with E-state index in [1.54, 1.807) is 6.07 Å². The molecule has 1 aromatic heterocycles. The van der Waals surface area contributed by atoms with Gasteiger partial charge in [-0.15, -0.1) is 0 Å². The molecule has 0 fully saturated rings. The Labute approximate surface area is 149 Å². The van der Waals surface area contributed by atoms with E-state index in [0.717, 1.165) is 18.4 Å². The highest BCUT2D eigenvalue weighted by molar-refractivity contribution is 5.91. The summed E-state index contributed by atoms with van der Waals surface area (Å²) in [5.74, 6) is -0.150. The average Bonchev–Trinajstić information content (AvgIpc) is 3.03. The Hall–Kier alpha value is -3.06. The zero-order valence-corrected chi connectivity index (χ0v) is 13.9. The fourth-order valence-electron chi connectivity index (χ4n) is 3.34. The fraction of sp³-hybridized carbons (Fsp3) is 0.211. The number of amides is 1. The Bertz CT molecular complexity index is 992. The zero-order valence-electron chi connectivity index (χ0n) is 13.9. The van der Waals surface area contributed by atoms with Gasteiger partial charge in [0.15, 0.2) is 0 Å². The number of aliphatic hydroxyl groups excluding tert-OH is 1. The minimum Gasteiger partial charge on any atom is -0.387 e. The Morgan fingerprint density at radius 3 is 2.85 bits per heavy atom. The van der Waals surface area contributed by atoms with Crippen LogP contribution >= 0.6 is 0 Å². The second kappa shape index (κ2) is 6.68. The number of nitrogens with zero attached hydrogens (tertiary/aromatic N) is 2. The van der Waals surface area contributed by atoms with Gasteiger partial charge in [0.2, 0.25) is 5.91 Å². The highest BCUT2D eigenvalue weighted by Gasteiger charge is 2.23. The van der Waals surface area contributed by atoms with Gasteiger partial charge in [0, 0.05) is 17.1 Å². The lowest BCUT2D eigenvalue weighted by molar-refractivity contribution is -0.118. The minimum absolute atomic E-state index is 0.121. The normalized spacial score (nSPS) is 15.7. The number of nitrogens with one attached hydrogen (secondary N) is 2. The largest absolute Gasteiger partial charge is 0.387 e. The molecule has 0 radical (unpaired) electrons. The molecule has 1 aliphatic carbocycles. The van der Waals surface area contributed by atoms with E-state index in [-0.39, 0.29) is 11.9 Å². The van der Waals surface area contributed by atoms with Crippen molar-refractivity contribution in [1.82, 2.24) is 9.97 Å². The average molecular weight is 352 g/mol. The number of rotatable bonds is 4. The number of hydrogen-bond acceptors (Lipinski definition) is 5. The Morgan fingerprint density at radius 1 is 1.15 bits per heavy atom. The Kier molecular flexibility index (Phi) is 4.22. The van der Waals surface area contributed by atoms with Crippen LogP contribution in [0.4, 0.5) is 15.9 Å². The molecule has 0 spiro atoms. The first-order chi connectivity index (χ1) is 12.6. The summed E-state index contributed by atoms with van der Waals surface area (Å²) in [6.07, 6.45) is 3.04. The second-order valence-electron chi connectivity index (χ2n) is 6.32. The first-order valence-corrected chi connectivity index (χ1v) is 8.31. The lowest BCUT2D eigenvalue weighted by Gasteiger charge is -2.14. The van der Waals surface area contributed by atoms with Crippen molar-refractivity contribution in [1.29, 1.82) is 0 Å². The van der Waals surface area contributed by atoms with Gasteiger partial charge < -0.3 is 15.7 Å². The maximum Gasteiger partial charge on any atom is 0.250 e. The quantitative estimate of drug-likeness (QED) is 0.671. The molecule has 7 heteroatoms. The van der Waals surface area contributed by atoms with E-state index in [9.17, 15) is 9.18 Å². The molecular formula is C19H17FN4O2.